The normalized spacial score (nSPS) is 10.7. The summed E-state index contributed by atoms with van der Waals surface area (Å²) in [5, 5.41) is 12.1. The average Bonchev–Trinajstić information content (AvgIpc) is 3.12. The van der Waals surface area contributed by atoms with E-state index in [2.05, 4.69) is 15.5 Å². The average molecular weight is 424 g/mol. The van der Waals surface area contributed by atoms with E-state index in [4.69, 9.17) is 32.4 Å². The molecular weight excluding hydrogens is 409 g/mol. The van der Waals surface area contributed by atoms with Crippen LogP contribution < -0.4 is 10.1 Å². The molecule has 0 bridgehead atoms. The highest BCUT2D eigenvalue weighted by atomic mass is 35.5. The number of ether oxygens (including phenoxy) is 1. The van der Waals surface area contributed by atoms with E-state index in [-0.39, 0.29) is 16.9 Å². The third-order valence-corrected chi connectivity index (χ3v) is 5.15. The Morgan fingerprint density at radius 1 is 1.22 bits per heavy atom. The van der Waals surface area contributed by atoms with Gasteiger partial charge < -0.3 is 14.5 Å². The van der Waals surface area contributed by atoms with Gasteiger partial charge in [0.1, 0.15) is 5.75 Å². The number of hydrogen-bond acceptors (Lipinski definition) is 6. The van der Waals surface area contributed by atoms with Gasteiger partial charge in [0.25, 0.3) is 5.22 Å². The van der Waals surface area contributed by atoms with Crippen LogP contribution >= 0.6 is 35.0 Å². The maximum Gasteiger partial charge on any atom is 0.277 e. The van der Waals surface area contributed by atoms with Gasteiger partial charge in [-0.1, -0.05) is 47.1 Å². The highest BCUT2D eigenvalue weighted by molar-refractivity contribution is 7.99. The number of carbonyl (C=O) groups is 1. The first-order valence-corrected chi connectivity index (χ1v) is 9.57. The van der Waals surface area contributed by atoms with Crippen molar-refractivity contribution in [1.82, 2.24) is 10.2 Å². The fourth-order valence-electron chi connectivity index (χ4n) is 2.25. The van der Waals surface area contributed by atoms with Gasteiger partial charge in [0.05, 0.1) is 29.1 Å². The highest BCUT2D eigenvalue weighted by Gasteiger charge is 2.15. The van der Waals surface area contributed by atoms with Crippen LogP contribution in [0.3, 0.4) is 0 Å². The zero-order chi connectivity index (χ0) is 19.4. The summed E-state index contributed by atoms with van der Waals surface area (Å²) in [6.45, 7) is 1.85. The molecule has 0 fully saturated rings. The first-order chi connectivity index (χ1) is 13.0. The molecule has 1 amide bonds. The minimum Gasteiger partial charge on any atom is -0.495 e. The summed E-state index contributed by atoms with van der Waals surface area (Å²) in [6, 6.07) is 10.6. The largest absolute Gasteiger partial charge is 0.495 e. The molecule has 0 atom stereocenters. The van der Waals surface area contributed by atoms with Crippen LogP contribution in [0.5, 0.6) is 5.75 Å². The number of aromatic nitrogens is 2. The predicted molar refractivity (Wildman–Crippen MR) is 107 cm³/mol. The summed E-state index contributed by atoms with van der Waals surface area (Å²) >= 11 is 13.3. The molecule has 0 saturated carbocycles. The molecule has 1 aromatic heterocycles. The fourth-order valence-corrected chi connectivity index (χ4v) is 3.19. The second-order valence-electron chi connectivity index (χ2n) is 5.49. The smallest absolute Gasteiger partial charge is 0.277 e. The lowest BCUT2D eigenvalue weighted by molar-refractivity contribution is -0.113. The lowest BCUT2D eigenvalue weighted by Crippen LogP contribution is -2.15. The number of aryl methyl sites for hydroxylation is 1. The first-order valence-electron chi connectivity index (χ1n) is 7.83. The van der Waals surface area contributed by atoms with Crippen molar-refractivity contribution in [3.8, 4) is 17.2 Å². The molecule has 2 aromatic carbocycles. The number of anilines is 1. The first kappa shape index (κ1) is 19.5. The maximum absolute atomic E-state index is 12.2. The van der Waals surface area contributed by atoms with Crippen molar-refractivity contribution in [3.05, 3.63) is 52.0 Å². The summed E-state index contributed by atoms with van der Waals surface area (Å²) in [6.07, 6.45) is 0. The minimum absolute atomic E-state index is 0.0922. The van der Waals surface area contributed by atoms with Gasteiger partial charge in [0, 0.05) is 11.1 Å². The van der Waals surface area contributed by atoms with Crippen LogP contribution in [0.4, 0.5) is 5.69 Å². The van der Waals surface area contributed by atoms with Gasteiger partial charge in [0.15, 0.2) is 0 Å². The van der Waals surface area contributed by atoms with E-state index in [0.717, 1.165) is 17.3 Å². The van der Waals surface area contributed by atoms with Crippen molar-refractivity contribution >= 4 is 46.6 Å². The Morgan fingerprint density at radius 2 is 2.00 bits per heavy atom. The van der Waals surface area contributed by atoms with Gasteiger partial charge in [-0.2, -0.15) is 0 Å². The molecule has 0 aliphatic carbocycles. The molecule has 3 rings (SSSR count). The quantitative estimate of drug-likeness (QED) is 0.556. The number of hydrogen-bond donors (Lipinski definition) is 1. The van der Waals surface area contributed by atoms with E-state index in [1.54, 1.807) is 24.3 Å². The van der Waals surface area contributed by atoms with Crippen molar-refractivity contribution < 1.29 is 13.9 Å². The van der Waals surface area contributed by atoms with E-state index in [1.807, 2.05) is 19.1 Å². The van der Waals surface area contributed by atoms with Gasteiger partial charge >= 0.3 is 0 Å². The number of nitrogens with one attached hydrogen (secondary N) is 1. The molecule has 9 heteroatoms. The Labute approximate surface area is 170 Å². The van der Waals surface area contributed by atoms with E-state index >= 15 is 0 Å². The number of nitrogens with zero attached hydrogens (tertiary/aromatic N) is 2. The van der Waals surface area contributed by atoms with Crippen LogP contribution in [0.15, 0.2) is 46.0 Å². The van der Waals surface area contributed by atoms with Crippen LogP contribution in [0, 0.1) is 6.92 Å². The third kappa shape index (κ3) is 4.74. The van der Waals surface area contributed by atoms with Gasteiger partial charge in [0.2, 0.25) is 11.8 Å². The second-order valence-corrected chi connectivity index (χ2v) is 7.23. The third-order valence-electron chi connectivity index (χ3n) is 3.59. The zero-order valence-corrected chi connectivity index (χ0v) is 16.8. The fraction of sp³-hybridized carbons (Fsp3) is 0.167. The van der Waals surface area contributed by atoms with Gasteiger partial charge in [-0.05, 0) is 30.7 Å². The van der Waals surface area contributed by atoms with Crippen molar-refractivity contribution in [2.24, 2.45) is 0 Å². The number of methoxy groups -OCH3 is 1. The Morgan fingerprint density at radius 3 is 2.74 bits per heavy atom. The SMILES string of the molecule is COc1cc(Cl)c(C)cc1NC(=O)CSc1nnc(-c2ccccc2Cl)o1. The summed E-state index contributed by atoms with van der Waals surface area (Å²) in [5.41, 5.74) is 2.03. The molecule has 0 unspecified atom stereocenters. The molecule has 0 radical (unpaired) electrons. The summed E-state index contributed by atoms with van der Waals surface area (Å²) < 4.78 is 10.8. The molecular formula is C18H15Cl2N3O3S. The molecule has 0 aliphatic heterocycles. The monoisotopic (exact) mass is 423 g/mol. The summed E-state index contributed by atoms with van der Waals surface area (Å²) in [7, 11) is 1.51. The molecule has 140 valence electrons. The standard InChI is InChI=1S/C18H15Cl2N3O3S/c1-10-7-14(15(25-2)8-13(10)20)21-16(24)9-27-18-23-22-17(26-18)11-5-3-4-6-12(11)19/h3-8H,9H2,1-2H3,(H,21,24). The molecule has 6 nitrogen and oxygen atoms in total. The van der Waals surface area contributed by atoms with Gasteiger partial charge in [-0.3, -0.25) is 4.79 Å². The Hall–Kier alpha value is -2.22. The van der Waals surface area contributed by atoms with Crippen LogP contribution in [0.25, 0.3) is 11.5 Å². The van der Waals surface area contributed by atoms with Crippen LogP contribution in [0.1, 0.15) is 5.56 Å². The lowest BCUT2D eigenvalue weighted by atomic mass is 10.2. The van der Waals surface area contributed by atoms with Crippen molar-refractivity contribution in [3.63, 3.8) is 0 Å². The van der Waals surface area contributed by atoms with Crippen LogP contribution in [-0.4, -0.2) is 29.0 Å². The minimum atomic E-state index is -0.238. The van der Waals surface area contributed by atoms with Crippen LogP contribution in [0.2, 0.25) is 10.0 Å². The molecule has 0 aliphatic rings. The molecule has 0 saturated heterocycles. The van der Waals surface area contributed by atoms with Crippen molar-refractivity contribution in [2.75, 3.05) is 18.2 Å². The van der Waals surface area contributed by atoms with E-state index in [9.17, 15) is 4.79 Å². The molecule has 3 aromatic rings. The highest BCUT2D eigenvalue weighted by Crippen LogP contribution is 2.32. The number of amides is 1. The van der Waals surface area contributed by atoms with Gasteiger partial charge in [-0.15, -0.1) is 10.2 Å². The van der Waals surface area contributed by atoms with Crippen molar-refractivity contribution in [2.45, 2.75) is 12.1 Å². The van der Waals surface area contributed by atoms with Crippen LogP contribution in [-0.2, 0) is 4.79 Å². The molecule has 0 spiro atoms. The number of thioether (sulfide) groups is 1. The summed E-state index contributed by atoms with van der Waals surface area (Å²) in [5.74, 6) is 0.647. The van der Waals surface area contributed by atoms with Gasteiger partial charge in [-0.25, -0.2) is 0 Å². The Balaban J connectivity index is 1.64. The number of carbonyl (C=O) groups excluding carboxylic acids is 1. The van der Waals surface area contributed by atoms with Crippen molar-refractivity contribution in [1.29, 1.82) is 0 Å². The van der Waals surface area contributed by atoms with E-state index in [1.165, 1.54) is 7.11 Å². The predicted octanol–water partition coefficient (Wildman–Crippen LogP) is 5.09. The number of benzene rings is 2. The topological polar surface area (TPSA) is 77.2 Å². The number of rotatable bonds is 6. The number of halogens is 2. The Bertz CT molecular complexity index is 978. The molecule has 1 N–H and O–H groups in total. The van der Waals surface area contributed by atoms with E-state index < -0.39 is 0 Å². The molecule has 27 heavy (non-hydrogen) atoms. The zero-order valence-electron chi connectivity index (χ0n) is 14.5. The molecule has 1 heterocycles. The lowest BCUT2D eigenvalue weighted by Gasteiger charge is -2.11. The van der Waals surface area contributed by atoms with E-state index in [0.29, 0.717) is 32.9 Å². The maximum atomic E-state index is 12.2. The Kier molecular flexibility index (Phi) is 6.26. The summed E-state index contributed by atoms with van der Waals surface area (Å²) in [4.78, 5) is 12.2. The second kappa shape index (κ2) is 8.65.